The molecule has 0 saturated carbocycles. The maximum atomic E-state index is 3.39. The summed E-state index contributed by atoms with van der Waals surface area (Å²) < 4.78 is 0. The average Bonchev–Trinajstić information content (AvgIpc) is 2.44. The van der Waals surface area contributed by atoms with Crippen LogP contribution in [-0.2, 0) is 5.75 Å². The van der Waals surface area contributed by atoms with Crippen LogP contribution < -0.4 is 0 Å². The largest absolute Gasteiger partial charge is 0.121 e. The summed E-state index contributed by atoms with van der Waals surface area (Å²) in [6.45, 7) is 0. The minimum atomic E-state index is 0.897. The molecule has 0 nitrogen and oxygen atoms in total. The Balaban J connectivity index is 1.99. The van der Waals surface area contributed by atoms with Gasteiger partial charge in [-0.2, -0.15) is 0 Å². The highest BCUT2D eigenvalue weighted by Gasteiger charge is 1.96. The van der Waals surface area contributed by atoms with Crippen molar-refractivity contribution in [2.75, 3.05) is 5.33 Å². The molecule has 0 bridgehead atoms. The Morgan fingerprint density at radius 3 is 2.61 bits per heavy atom. The molecule has 0 aliphatic rings. The normalized spacial score (nSPS) is 10.9. The molecule has 0 saturated heterocycles. The molecule has 0 aliphatic heterocycles. The number of hydrogen-bond acceptors (Lipinski definition) is 1. The van der Waals surface area contributed by atoms with E-state index in [9.17, 15) is 0 Å². The number of benzene rings is 2. The molecular formula is C16H15BrS. The second kappa shape index (κ2) is 7.45. The van der Waals surface area contributed by atoms with Gasteiger partial charge in [-0.05, 0) is 23.3 Å². The summed E-state index contributed by atoms with van der Waals surface area (Å²) in [6.07, 6.45) is 4.25. The molecule has 0 amide bonds. The predicted octanol–water partition coefficient (Wildman–Crippen LogP) is 5.39. The van der Waals surface area contributed by atoms with Crippen molar-refractivity contribution >= 4 is 33.8 Å². The van der Waals surface area contributed by atoms with Crippen molar-refractivity contribution in [3.8, 4) is 0 Å². The van der Waals surface area contributed by atoms with Crippen LogP contribution in [0.2, 0.25) is 0 Å². The lowest BCUT2D eigenvalue weighted by molar-refractivity contribution is 1.38. The van der Waals surface area contributed by atoms with Crippen LogP contribution in [0.4, 0.5) is 0 Å². The zero-order valence-electron chi connectivity index (χ0n) is 10.1. The van der Waals surface area contributed by atoms with Gasteiger partial charge in [0.2, 0.25) is 0 Å². The molecule has 2 aromatic rings. The Morgan fingerprint density at radius 2 is 1.83 bits per heavy atom. The number of halogens is 1. The zero-order valence-corrected chi connectivity index (χ0v) is 12.5. The fourth-order valence-corrected chi connectivity index (χ4v) is 2.74. The van der Waals surface area contributed by atoms with E-state index in [1.165, 1.54) is 16.0 Å². The first-order valence-electron chi connectivity index (χ1n) is 5.88. The Kier molecular flexibility index (Phi) is 5.56. The first-order chi connectivity index (χ1) is 8.88. The van der Waals surface area contributed by atoms with Gasteiger partial charge in [-0.25, -0.2) is 0 Å². The van der Waals surface area contributed by atoms with Gasteiger partial charge in [0.05, 0.1) is 0 Å². The van der Waals surface area contributed by atoms with Crippen molar-refractivity contribution in [1.82, 2.24) is 0 Å². The Labute approximate surface area is 121 Å². The van der Waals surface area contributed by atoms with Crippen molar-refractivity contribution < 1.29 is 0 Å². The Hall–Kier alpha value is -0.990. The third-order valence-electron chi connectivity index (χ3n) is 2.51. The van der Waals surface area contributed by atoms with E-state index < -0.39 is 0 Å². The van der Waals surface area contributed by atoms with Gasteiger partial charge in [0.25, 0.3) is 0 Å². The number of thioether (sulfide) groups is 1. The molecule has 0 fully saturated rings. The van der Waals surface area contributed by atoms with E-state index in [4.69, 9.17) is 0 Å². The molecule has 2 rings (SSSR count). The van der Waals surface area contributed by atoms with Gasteiger partial charge >= 0.3 is 0 Å². The molecule has 0 atom stereocenters. The first kappa shape index (κ1) is 13.4. The molecule has 0 N–H and O–H groups in total. The molecular weight excluding hydrogens is 304 g/mol. The lowest BCUT2D eigenvalue weighted by atomic mass is 10.2. The van der Waals surface area contributed by atoms with Crippen molar-refractivity contribution in [2.45, 2.75) is 10.6 Å². The van der Waals surface area contributed by atoms with Crippen LogP contribution in [-0.4, -0.2) is 5.33 Å². The smallest absolute Gasteiger partial charge is 0.0231 e. The number of hydrogen-bond donors (Lipinski definition) is 0. The van der Waals surface area contributed by atoms with Crippen molar-refractivity contribution in [3.05, 3.63) is 71.8 Å². The molecule has 2 heteroatoms. The maximum absolute atomic E-state index is 3.39. The van der Waals surface area contributed by atoms with Crippen LogP contribution in [0.1, 0.15) is 11.1 Å². The molecule has 0 radical (unpaired) electrons. The van der Waals surface area contributed by atoms with Gasteiger partial charge < -0.3 is 0 Å². The quantitative estimate of drug-likeness (QED) is 0.526. The SMILES string of the molecule is BrCC=Cc1cccc(SCc2ccccc2)c1. The molecule has 2 aromatic carbocycles. The fraction of sp³-hybridized carbons (Fsp3) is 0.125. The Morgan fingerprint density at radius 1 is 1.00 bits per heavy atom. The van der Waals surface area contributed by atoms with Gasteiger partial charge in [-0.3, -0.25) is 0 Å². The first-order valence-corrected chi connectivity index (χ1v) is 7.98. The molecule has 0 aromatic heterocycles. The minimum Gasteiger partial charge on any atom is -0.121 e. The highest BCUT2D eigenvalue weighted by molar-refractivity contribution is 9.09. The fourth-order valence-electron chi connectivity index (χ4n) is 1.63. The summed E-state index contributed by atoms with van der Waals surface area (Å²) in [4.78, 5) is 1.32. The summed E-state index contributed by atoms with van der Waals surface area (Å²) in [7, 11) is 0. The summed E-state index contributed by atoms with van der Waals surface area (Å²) in [6, 6.07) is 19.2. The molecule has 0 unspecified atom stereocenters. The van der Waals surface area contributed by atoms with Crippen LogP contribution in [0.3, 0.4) is 0 Å². The van der Waals surface area contributed by atoms with Gasteiger partial charge in [-0.15, -0.1) is 11.8 Å². The number of rotatable bonds is 5. The summed E-state index contributed by atoms with van der Waals surface area (Å²) in [5, 5.41) is 0.897. The van der Waals surface area contributed by atoms with Crippen LogP contribution in [0.15, 0.2) is 65.6 Å². The second-order valence-electron chi connectivity index (χ2n) is 3.90. The third kappa shape index (κ3) is 4.35. The topological polar surface area (TPSA) is 0 Å². The maximum Gasteiger partial charge on any atom is 0.0231 e. The second-order valence-corrected chi connectivity index (χ2v) is 5.60. The highest BCUT2D eigenvalue weighted by Crippen LogP contribution is 2.23. The third-order valence-corrected chi connectivity index (χ3v) is 3.94. The van der Waals surface area contributed by atoms with Gasteiger partial charge in [0, 0.05) is 16.0 Å². The van der Waals surface area contributed by atoms with Crippen LogP contribution in [0, 0.1) is 0 Å². The summed E-state index contributed by atoms with van der Waals surface area (Å²) in [5.41, 5.74) is 2.62. The van der Waals surface area contributed by atoms with Crippen LogP contribution >= 0.6 is 27.7 Å². The van der Waals surface area contributed by atoms with Crippen molar-refractivity contribution in [2.24, 2.45) is 0 Å². The molecule has 0 aliphatic carbocycles. The van der Waals surface area contributed by atoms with Gasteiger partial charge in [0.15, 0.2) is 0 Å². The number of alkyl halides is 1. The van der Waals surface area contributed by atoms with Crippen LogP contribution in [0.5, 0.6) is 0 Å². The van der Waals surface area contributed by atoms with Crippen molar-refractivity contribution in [3.63, 3.8) is 0 Å². The summed E-state index contributed by atoms with van der Waals surface area (Å²) >= 11 is 5.27. The van der Waals surface area contributed by atoms with E-state index >= 15 is 0 Å². The molecule has 18 heavy (non-hydrogen) atoms. The molecule has 0 heterocycles. The summed E-state index contributed by atoms with van der Waals surface area (Å²) in [5.74, 6) is 1.02. The lowest BCUT2D eigenvalue weighted by Gasteiger charge is -2.03. The standard InChI is InChI=1S/C16H15BrS/c17-11-5-9-14-8-4-10-16(12-14)18-13-15-6-2-1-3-7-15/h1-10,12H,11,13H2. The minimum absolute atomic E-state index is 0.897. The highest BCUT2D eigenvalue weighted by atomic mass is 79.9. The zero-order chi connectivity index (χ0) is 12.6. The van der Waals surface area contributed by atoms with Crippen molar-refractivity contribution in [1.29, 1.82) is 0 Å². The van der Waals surface area contributed by atoms with E-state index in [-0.39, 0.29) is 0 Å². The van der Waals surface area contributed by atoms with Gasteiger partial charge in [-0.1, -0.05) is 70.5 Å². The molecule has 92 valence electrons. The van der Waals surface area contributed by atoms with Crippen LogP contribution in [0.25, 0.3) is 6.08 Å². The number of allylic oxidation sites excluding steroid dienone is 1. The molecule has 0 spiro atoms. The van der Waals surface area contributed by atoms with E-state index in [0.717, 1.165) is 11.1 Å². The Bertz CT molecular complexity index is 506. The van der Waals surface area contributed by atoms with E-state index in [1.807, 2.05) is 11.8 Å². The lowest BCUT2D eigenvalue weighted by Crippen LogP contribution is -1.80. The van der Waals surface area contributed by atoms with E-state index in [0.29, 0.717) is 0 Å². The van der Waals surface area contributed by atoms with E-state index in [1.54, 1.807) is 0 Å². The van der Waals surface area contributed by atoms with Gasteiger partial charge in [0.1, 0.15) is 0 Å². The average molecular weight is 319 g/mol. The monoisotopic (exact) mass is 318 g/mol. The van der Waals surface area contributed by atoms with E-state index in [2.05, 4.69) is 82.7 Å². The predicted molar refractivity (Wildman–Crippen MR) is 85.3 cm³/mol.